The average Bonchev–Trinajstić information content (AvgIpc) is 2.46. The summed E-state index contributed by atoms with van der Waals surface area (Å²) in [4.78, 5) is 18.2. The number of aromatic nitrogens is 1. The lowest BCUT2D eigenvalue weighted by Crippen LogP contribution is -2.39. The van der Waals surface area contributed by atoms with E-state index in [2.05, 4.69) is 4.98 Å². The zero-order valence-corrected chi connectivity index (χ0v) is 10.8. The summed E-state index contributed by atoms with van der Waals surface area (Å²) in [6.45, 7) is 2.49. The van der Waals surface area contributed by atoms with Gasteiger partial charge in [-0.25, -0.2) is 0 Å². The van der Waals surface area contributed by atoms with Crippen molar-refractivity contribution in [3.8, 4) is 0 Å². The molecule has 0 atom stereocenters. The van der Waals surface area contributed by atoms with Gasteiger partial charge >= 0.3 is 0 Å². The van der Waals surface area contributed by atoms with E-state index in [0.29, 0.717) is 11.6 Å². The number of piperidine rings is 1. The van der Waals surface area contributed by atoms with Crippen LogP contribution in [0.1, 0.15) is 29.8 Å². The number of carbonyl (C=O) groups is 1. The van der Waals surface area contributed by atoms with Crippen LogP contribution in [0.5, 0.6) is 0 Å². The minimum Gasteiger partial charge on any atom is -0.385 e. The molecule has 18 heavy (non-hydrogen) atoms. The SMILES string of the molecule is COCCC1CCN(C(=O)c2ccccn2)CC1. The second-order valence-electron chi connectivity index (χ2n) is 4.73. The largest absolute Gasteiger partial charge is 0.385 e. The molecular formula is C14H20N2O2. The molecule has 1 amide bonds. The van der Waals surface area contributed by atoms with Gasteiger partial charge in [0.25, 0.3) is 5.91 Å². The molecule has 0 radical (unpaired) electrons. The molecule has 2 rings (SSSR count). The molecule has 1 aromatic rings. The summed E-state index contributed by atoms with van der Waals surface area (Å²) >= 11 is 0. The monoisotopic (exact) mass is 248 g/mol. The first-order chi connectivity index (χ1) is 8.81. The van der Waals surface area contributed by atoms with Gasteiger partial charge in [0, 0.05) is 33.0 Å². The van der Waals surface area contributed by atoms with Crippen molar-refractivity contribution >= 4 is 5.91 Å². The Kier molecular flexibility index (Phi) is 4.70. The van der Waals surface area contributed by atoms with Crippen molar-refractivity contribution in [3.63, 3.8) is 0 Å². The van der Waals surface area contributed by atoms with Crippen LogP contribution in [0.2, 0.25) is 0 Å². The first-order valence-electron chi connectivity index (χ1n) is 6.50. The van der Waals surface area contributed by atoms with Crippen molar-refractivity contribution in [1.82, 2.24) is 9.88 Å². The number of likely N-dealkylation sites (tertiary alicyclic amines) is 1. The maximum atomic E-state index is 12.2. The number of rotatable bonds is 4. The van der Waals surface area contributed by atoms with Crippen molar-refractivity contribution in [2.45, 2.75) is 19.3 Å². The molecule has 0 N–H and O–H groups in total. The maximum Gasteiger partial charge on any atom is 0.272 e. The van der Waals surface area contributed by atoms with E-state index in [4.69, 9.17) is 4.74 Å². The highest BCUT2D eigenvalue weighted by Gasteiger charge is 2.23. The lowest BCUT2D eigenvalue weighted by atomic mass is 9.94. The Labute approximate surface area is 108 Å². The van der Waals surface area contributed by atoms with Gasteiger partial charge in [0.1, 0.15) is 5.69 Å². The molecule has 0 saturated carbocycles. The summed E-state index contributed by atoms with van der Waals surface area (Å²) < 4.78 is 5.10. The van der Waals surface area contributed by atoms with E-state index in [-0.39, 0.29) is 5.91 Å². The van der Waals surface area contributed by atoms with Crippen LogP contribution in [0.3, 0.4) is 0 Å². The van der Waals surface area contributed by atoms with Gasteiger partial charge in [-0.2, -0.15) is 0 Å². The molecule has 1 aliphatic heterocycles. The number of ether oxygens (including phenoxy) is 1. The first kappa shape index (κ1) is 13.0. The minimum atomic E-state index is 0.0563. The Morgan fingerprint density at radius 1 is 1.44 bits per heavy atom. The zero-order valence-electron chi connectivity index (χ0n) is 10.8. The van der Waals surface area contributed by atoms with Gasteiger partial charge in [-0.1, -0.05) is 6.07 Å². The summed E-state index contributed by atoms with van der Waals surface area (Å²) in [5.41, 5.74) is 0.549. The van der Waals surface area contributed by atoms with Crippen molar-refractivity contribution in [1.29, 1.82) is 0 Å². The fourth-order valence-electron chi connectivity index (χ4n) is 2.36. The number of nitrogens with zero attached hydrogens (tertiary/aromatic N) is 2. The van der Waals surface area contributed by atoms with Crippen LogP contribution in [0.4, 0.5) is 0 Å². The summed E-state index contributed by atoms with van der Waals surface area (Å²) in [7, 11) is 1.74. The Morgan fingerprint density at radius 3 is 2.83 bits per heavy atom. The predicted octanol–water partition coefficient (Wildman–Crippen LogP) is 1.97. The molecule has 2 heterocycles. The van der Waals surface area contributed by atoms with E-state index in [0.717, 1.165) is 39.0 Å². The molecule has 1 aromatic heterocycles. The summed E-state index contributed by atoms with van der Waals surface area (Å²) in [6.07, 6.45) is 4.91. The molecule has 4 nitrogen and oxygen atoms in total. The second kappa shape index (κ2) is 6.50. The molecule has 0 spiro atoms. The number of carbonyl (C=O) groups excluding carboxylic acids is 1. The molecule has 1 fully saturated rings. The van der Waals surface area contributed by atoms with Crippen LogP contribution in [0.15, 0.2) is 24.4 Å². The molecule has 0 aromatic carbocycles. The van der Waals surface area contributed by atoms with E-state index in [1.807, 2.05) is 17.0 Å². The molecule has 1 aliphatic rings. The summed E-state index contributed by atoms with van der Waals surface area (Å²) in [5.74, 6) is 0.749. The van der Waals surface area contributed by atoms with E-state index >= 15 is 0 Å². The van der Waals surface area contributed by atoms with E-state index in [1.54, 1.807) is 19.4 Å². The minimum absolute atomic E-state index is 0.0563. The van der Waals surface area contributed by atoms with Gasteiger partial charge in [0.2, 0.25) is 0 Å². The molecule has 0 bridgehead atoms. The normalized spacial score (nSPS) is 16.8. The topological polar surface area (TPSA) is 42.4 Å². The van der Waals surface area contributed by atoms with Gasteiger partial charge < -0.3 is 9.64 Å². The van der Waals surface area contributed by atoms with E-state index in [1.165, 1.54) is 0 Å². The number of hydrogen-bond donors (Lipinski definition) is 0. The van der Waals surface area contributed by atoms with Crippen LogP contribution in [0.25, 0.3) is 0 Å². The van der Waals surface area contributed by atoms with Crippen molar-refractivity contribution in [2.24, 2.45) is 5.92 Å². The quantitative estimate of drug-likeness (QED) is 0.818. The number of amides is 1. The Balaban J connectivity index is 1.84. The van der Waals surface area contributed by atoms with Gasteiger partial charge in [0.15, 0.2) is 0 Å². The van der Waals surface area contributed by atoms with E-state index < -0.39 is 0 Å². The molecular weight excluding hydrogens is 228 g/mol. The Bertz CT molecular complexity index is 373. The average molecular weight is 248 g/mol. The van der Waals surface area contributed by atoms with Gasteiger partial charge in [0.05, 0.1) is 0 Å². The Hall–Kier alpha value is -1.42. The lowest BCUT2D eigenvalue weighted by Gasteiger charge is -2.31. The second-order valence-corrected chi connectivity index (χ2v) is 4.73. The third kappa shape index (κ3) is 3.29. The smallest absolute Gasteiger partial charge is 0.272 e. The highest BCUT2D eigenvalue weighted by molar-refractivity contribution is 5.92. The van der Waals surface area contributed by atoms with Crippen LogP contribution in [0, 0.1) is 5.92 Å². The van der Waals surface area contributed by atoms with Gasteiger partial charge in [-0.05, 0) is 37.3 Å². The van der Waals surface area contributed by atoms with Crippen LogP contribution in [-0.4, -0.2) is 42.6 Å². The lowest BCUT2D eigenvalue weighted by molar-refractivity contribution is 0.0664. The summed E-state index contributed by atoms with van der Waals surface area (Å²) in [5, 5.41) is 0. The maximum absolute atomic E-state index is 12.2. The highest BCUT2D eigenvalue weighted by Crippen LogP contribution is 2.21. The molecule has 4 heteroatoms. The van der Waals surface area contributed by atoms with Crippen LogP contribution < -0.4 is 0 Å². The fraction of sp³-hybridized carbons (Fsp3) is 0.571. The van der Waals surface area contributed by atoms with Crippen LogP contribution in [-0.2, 0) is 4.74 Å². The van der Waals surface area contributed by atoms with Crippen molar-refractivity contribution in [2.75, 3.05) is 26.8 Å². The number of methoxy groups -OCH3 is 1. The highest BCUT2D eigenvalue weighted by atomic mass is 16.5. The van der Waals surface area contributed by atoms with Crippen molar-refractivity contribution < 1.29 is 9.53 Å². The number of pyridine rings is 1. The molecule has 0 unspecified atom stereocenters. The summed E-state index contributed by atoms with van der Waals surface area (Å²) in [6, 6.07) is 5.46. The Morgan fingerprint density at radius 2 is 2.22 bits per heavy atom. The predicted molar refractivity (Wildman–Crippen MR) is 69.4 cm³/mol. The zero-order chi connectivity index (χ0) is 12.8. The third-order valence-corrected chi connectivity index (χ3v) is 3.52. The molecule has 0 aliphatic carbocycles. The standard InChI is InChI=1S/C14H20N2O2/c1-18-11-7-12-5-9-16(10-6-12)14(17)13-4-2-3-8-15-13/h2-4,8,12H,5-7,9-11H2,1H3. The van der Waals surface area contributed by atoms with Crippen LogP contribution >= 0.6 is 0 Å². The van der Waals surface area contributed by atoms with Gasteiger partial charge in [-0.15, -0.1) is 0 Å². The third-order valence-electron chi connectivity index (χ3n) is 3.52. The molecule has 1 saturated heterocycles. The van der Waals surface area contributed by atoms with Gasteiger partial charge in [-0.3, -0.25) is 9.78 Å². The molecule has 98 valence electrons. The fourth-order valence-corrected chi connectivity index (χ4v) is 2.36. The van der Waals surface area contributed by atoms with Crippen molar-refractivity contribution in [3.05, 3.63) is 30.1 Å². The van der Waals surface area contributed by atoms with E-state index in [9.17, 15) is 4.79 Å². The first-order valence-corrected chi connectivity index (χ1v) is 6.50. The number of hydrogen-bond acceptors (Lipinski definition) is 3.